The number of amides is 2. The summed E-state index contributed by atoms with van der Waals surface area (Å²) < 4.78 is 13.7. The number of hydrogen-bond donors (Lipinski definition) is 2. The van der Waals surface area contributed by atoms with Gasteiger partial charge in [0, 0.05) is 35.8 Å². The summed E-state index contributed by atoms with van der Waals surface area (Å²) in [4.78, 5) is 26.1. The molecule has 2 amide bonds. The van der Waals surface area contributed by atoms with Crippen LogP contribution in [0.4, 0.5) is 10.1 Å². The molecule has 2 N–H and O–H groups in total. The molecule has 136 valence electrons. The molecule has 1 saturated heterocycles. The van der Waals surface area contributed by atoms with Crippen LogP contribution in [0.2, 0.25) is 5.02 Å². The fraction of sp³-hybridized carbons (Fsp3) is 0.263. The van der Waals surface area contributed by atoms with Crippen molar-refractivity contribution in [2.45, 2.75) is 12.5 Å². The van der Waals surface area contributed by atoms with Gasteiger partial charge in [0.25, 0.3) is 0 Å². The van der Waals surface area contributed by atoms with Gasteiger partial charge >= 0.3 is 0 Å². The fourth-order valence-corrected chi connectivity index (χ4v) is 3.16. The summed E-state index contributed by atoms with van der Waals surface area (Å²) in [5.41, 5.74) is 0.764. The van der Waals surface area contributed by atoms with Crippen LogP contribution < -0.4 is 10.2 Å². The molecule has 1 heterocycles. The third-order valence-corrected chi connectivity index (χ3v) is 4.58. The van der Waals surface area contributed by atoms with Crippen LogP contribution in [-0.2, 0) is 9.59 Å². The molecule has 26 heavy (non-hydrogen) atoms. The first kappa shape index (κ1) is 18.4. The molecule has 0 aliphatic carbocycles. The molecule has 0 unspecified atom stereocenters. The van der Waals surface area contributed by atoms with E-state index in [0.29, 0.717) is 10.7 Å². The van der Waals surface area contributed by atoms with Crippen LogP contribution in [0.5, 0.6) is 0 Å². The molecule has 0 aromatic heterocycles. The zero-order valence-electron chi connectivity index (χ0n) is 13.9. The molecule has 3 rings (SSSR count). The number of hydrogen-bond acceptors (Lipinski definition) is 3. The van der Waals surface area contributed by atoms with Gasteiger partial charge in [-0.15, -0.1) is 0 Å². The molecular formula is C19H18ClFN2O3. The zero-order chi connectivity index (χ0) is 18.7. The number of carbonyl (C=O) groups excluding carboxylic acids is 2. The monoisotopic (exact) mass is 376 g/mol. The smallest absolute Gasteiger partial charge is 0.227 e. The van der Waals surface area contributed by atoms with Gasteiger partial charge in [0.15, 0.2) is 0 Å². The van der Waals surface area contributed by atoms with E-state index < -0.39 is 17.8 Å². The van der Waals surface area contributed by atoms with E-state index in [9.17, 15) is 19.1 Å². The van der Waals surface area contributed by atoms with Crippen molar-refractivity contribution in [1.82, 2.24) is 5.32 Å². The molecule has 5 nitrogen and oxygen atoms in total. The third kappa shape index (κ3) is 4.03. The Morgan fingerprint density at radius 3 is 2.81 bits per heavy atom. The molecule has 1 aliphatic heterocycles. The lowest BCUT2D eigenvalue weighted by molar-refractivity contribution is -0.126. The summed E-state index contributed by atoms with van der Waals surface area (Å²) in [6, 6.07) is 12.7. The summed E-state index contributed by atoms with van der Waals surface area (Å²) in [5.74, 6) is -1.58. The molecule has 0 spiro atoms. The van der Waals surface area contributed by atoms with Crippen LogP contribution in [0, 0.1) is 11.7 Å². The Morgan fingerprint density at radius 1 is 1.31 bits per heavy atom. The van der Waals surface area contributed by atoms with Crippen LogP contribution in [0.1, 0.15) is 18.1 Å². The summed E-state index contributed by atoms with van der Waals surface area (Å²) in [5, 5.41) is 13.2. The third-order valence-electron chi connectivity index (χ3n) is 4.35. The van der Waals surface area contributed by atoms with E-state index in [1.54, 1.807) is 30.3 Å². The zero-order valence-corrected chi connectivity index (χ0v) is 14.6. The summed E-state index contributed by atoms with van der Waals surface area (Å²) >= 11 is 5.95. The van der Waals surface area contributed by atoms with Gasteiger partial charge < -0.3 is 15.3 Å². The van der Waals surface area contributed by atoms with E-state index >= 15 is 0 Å². The van der Waals surface area contributed by atoms with E-state index in [1.165, 1.54) is 23.1 Å². The number of rotatable bonds is 5. The minimum atomic E-state index is -1.15. The first-order valence-corrected chi connectivity index (χ1v) is 8.59. The maximum absolute atomic E-state index is 13.7. The highest BCUT2D eigenvalue weighted by atomic mass is 35.5. The van der Waals surface area contributed by atoms with Crippen molar-refractivity contribution < 1.29 is 19.1 Å². The lowest BCUT2D eigenvalue weighted by Crippen LogP contribution is -2.35. The largest absolute Gasteiger partial charge is 0.386 e. The van der Waals surface area contributed by atoms with Gasteiger partial charge in [0.1, 0.15) is 5.82 Å². The molecule has 7 heteroatoms. The lowest BCUT2D eigenvalue weighted by Gasteiger charge is -2.18. The average molecular weight is 377 g/mol. The fourth-order valence-electron chi connectivity index (χ4n) is 2.97. The maximum Gasteiger partial charge on any atom is 0.227 e. The Hall–Kier alpha value is -2.44. The average Bonchev–Trinajstić information content (AvgIpc) is 3.01. The van der Waals surface area contributed by atoms with E-state index in [-0.39, 0.29) is 36.9 Å². The number of halogens is 2. The van der Waals surface area contributed by atoms with Gasteiger partial charge in [-0.1, -0.05) is 35.9 Å². The normalized spacial score (nSPS) is 18.0. The summed E-state index contributed by atoms with van der Waals surface area (Å²) in [7, 11) is 0. The highest BCUT2D eigenvalue weighted by Gasteiger charge is 2.35. The predicted molar refractivity (Wildman–Crippen MR) is 96.3 cm³/mol. The van der Waals surface area contributed by atoms with Crippen LogP contribution in [-0.4, -0.2) is 30.0 Å². The van der Waals surface area contributed by atoms with Crippen molar-refractivity contribution in [3.8, 4) is 0 Å². The number of aliphatic hydroxyl groups excluding tert-OH is 1. The van der Waals surface area contributed by atoms with Crippen molar-refractivity contribution >= 4 is 29.1 Å². The number of aliphatic hydroxyl groups is 1. The Balaban J connectivity index is 1.59. The highest BCUT2D eigenvalue weighted by Crippen LogP contribution is 2.27. The second-order valence-electron chi connectivity index (χ2n) is 6.17. The summed E-state index contributed by atoms with van der Waals surface area (Å²) in [6.45, 7) is 0.114. The first-order chi connectivity index (χ1) is 12.5. The highest BCUT2D eigenvalue weighted by molar-refractivity contribution is 6.30. The minimum Gasteiger partial charge on any atom is -0.386 e. The van der Waals surface area contributed by atoms with Crippen molar-refractivity contribution in [1.29, 1.82) is 0 Å². The van der Waals surface area contributed by atoms with Crippen LogP contribution in [0.3, 0.4) is 0 Å². The van der Waals surface area contributed by atoms with Crippen LogP contribution in [0.15, 0.2) is 48.5 Å². The first-order valence-electron chi connectivity index (χ1n) is 8.22. The Labute approximate surface area is 155 Å². The van der Waals surface area contributed by atoms with Gasteiger partial charge in [-0.05, 0) is 24.3 Å². The Kier molecular flexibility index (Phi) is 5.54. The molecule has 2 atom stereocenters. The Bertz CT molecular complexity index is 830. The molecule has 1 fully saturated rings. The van der Waals surface area contributed by atoms with E-state index in [4.69, 9.17) is 11.6 Å². The lowest BCUT2D eigenvalue weighted by atomic mass is 10.1. The molecule has 2 aromatic carbocycles. The molecule has 1 aliphatic rings. The summed E-state index contributed by atoms with van der Waals surface area (Å²) in [6.07, 6.45) is -1.07. The van der Waals surface area contributed by atoms with E-state index in [2.05, 4.69) is 5.32 Å². The van der Waals surface area contributed by atoms with Crippen molar-refractivity contribution in [3.63, 3.8) is 0 Å². The van der Waals surface area contributed by atoms with Crippen molar-refractivity contribution in [3.05, 3.63) is 64.9 Å². The predicted octanol–water partition coefficient (Wildman–Crippen LogP) is 2.68. The van der Waals surface area contributed by atoms with E-state index in [0.717, 1.165) is 0 Å². The van der Waals surface area contributed by atoms with Crippen molar-refractivity contribution in [2.24, 2.45) is 5.92 Å². The number of anilines is 1. The minimum absolute atomic E-state index is 0.0775. The molecule has 0 bridgehead atoms. The standard InChI is InChI=1S/C19H18ClFN2O3/c20-13-4-3-5-14(9-13)23-11-12(8-18(23)25)19(26)22-10-17(24)15-6-1-2-7-16(15)21/h1-7,9,12,17,24H,8,10-11H2,(H,22,26)/t12-,17+/m1/s1. The maximum atomic E-state index is 13.7. The van der Waals surface area contributed by atoms with Gasteiger partial charge in [-0.25, -0.2) is 4.39 Å². The van der Waals surface area contributed by atoms with Crippen LogP contribution >= 0.6 is 11.6 Å². The molecular weight excluding hydrogens is 359 g/mol. The number of carbonyl (C=O) groups is 2. The Morgan fingerprint density at radius 2 is 2.08 bits per heavy atom. The topological polar surface area (TPSA) is 69.6 Å². The molecule has 0 saturated carbocycles. The number of nitrogens with zero attached hydrogens (tertiary/aromatic N) is 1. The molecule has 0 radical (unpaired) electrons. The quantitative estimate of drug-likeness (QED) is 0.843. The van der Waals surface area contributed by atoms with Crippen molar-refractivity contribution in [2.75, 3.05) is 18.0 Å². The van der Waals surface area contributed by atoms with Crippen LogP contribution in [0.25, 0.3) is 0 Å². The van der Waals surface area contributed by atoms with Gasteiger partial charge in [-0.3, -0.25) is 9.59 Å². The molecule has 2 aromatic rings. The second kappa shape index (κ2) is 7.85. The number of nitrogens with one attached hydrogen (secondary N) is 1. The van der Waals surface area contributed by atoms with E-state index in [1.807, 2.05) is 0 Å². The van der Waals surface area contributed by atoms with Gasteiger partial charge in [-0.2, -0.15) is 0 Å². The SMILES string of the molecule is O=C(NC[C@H](O)c1ccccc1F)[C@@H]1CC(=O)N(c2cccc(Cl)c2)C1. The van der Waals surface area contributed by atoms with Gasteiger partial charge in [0.05, 0.1) is 12.0 Å². The van der Waals surface area contributed by atoms with Gasteiger partial charge in [0.2, 0.25) is 11.8 Å². The number of benzene rings is 2. The second-order valence-corrected chi connectivity index (χ2v) is 6.60.